The molecule has 3 nitrogen and oxygen atoms in total. The molecule has 0 atom stereocenters. The van der Waals surface area contributed by atoms with E-state index in [2.05, 4.69) is 18.7 Å². The molecule has 0 aromatic carbocycles. The van der Waals surface area contributed by atoms with Crippen molar-refractivity contribution in [1.29, 1.82) is 0 Å². The molecular formula is C13H27NO2. The summed E-state index contributed by atoms with van der Waals surface area (Å²) < 4.78 is 0. The Hall–Kier alpha value is -0.570. The van der Waals surface area contributed by atoms with E-state index in [9.17, 15) is 4.79 Å². The Morgan fingerprint density at radius 1 is 1.31 bits per heavy atom. The van der Waals surface area contributed by atoms with Crippen molar-refractivity contribution in [3.05, 3.63) is 0 Å². The number of nitrogens with zero attached hydrogens (tertiary/aromatic N) is 1. The molecule has 3 heteroatoms. The fraction of sp³-hybridized carbons (Fsp3) is 0.923. The van der Waals surface area contributed by atoms with Crippen molar-refractivity contribution in [2.75, 3.05) is 19.6 Å². The van der Waals surface area contributed by atoms with E-state index < -0.39 is 5.97 Å². The fourth-order valence-electron chi connectivity index (χ4n) is 1.84. The van der Waals surface area contributed by atoms with Gasteiger partial charge in [-0.05, 0) is 44.8 Å². The van der Waals surface area contributed by atoms with Crippen molar-refractivity contribution in [3.8, 4) is 0 Å². The monoisotopic (exact) mass is 229 g/mol. The largest absolute Gasteiger partial charge is 0.481 e. The lowest BCUT2D eigenvalue weighted by molar-refractivity contribution is -0.143. The molecule has 0 aliphatic carbocycles. The van der Waals surface area contributed by atoms with Crippen LogP contribution >= 0.6 is 0 Å². The normalized spacial score (nSPS) is 18.1. The summed E-state index contributed by atoms with van der Waals surface area (Å²) in [6, 6.07) is 0. The second-order valence-corrected chi connectivity index (χ2v) is 4.64. The van der Waals surface area contributed by atoms with Crippen molar-refractivity contribution in [3.63, 3.8) is 0 Å². The van der Waals surface area contributed by atoms with Crippen LogP contribution in [-0.2, 0) is 4.79 Å². The topological polar surface area (TPSA) is 40.5 Å². The van der Waals surface area contributed by atoms with Gasteiger partial charge in [0.15, 0.2) is 0 Å². The van der Waals surface area contributed by atoms with Crippen molar-refractivity contribution in [1.82, 2.24) is 4.90 Å². The van der Waals surface area contributed by atoms with Crippen molar-refractivity contribution < 1.29 is 9.90 Å². The van der Waals surface area contributed by atoms with Crippen LogP contribution in [0.2, 0.25) is 0 Å². The van der Waals surface area contributed by atoms with E-state index in [0.29, 0.717) is 0 Å². The van der Waals surface area contributed by atoms with Gasteiger partial charge in [-0.15, -0.1) is 0 Å². The summed E-state index contributed by atoms with van der Waals surface area (Å²) >= 11 is 0. The van der Waals surface area contributed by atoms with Gasteiger partial charge in [0.05, 0.1) is 5.92 Å². The Balaban J connectivity index is 0.00000106. The van der Waals surface area contributed by atoms with E-state index in [1.807, 2.05) is 13.8 Å². The molecular weight excluding hydrogens is 202 g/mol. The Bertz CT molecular complexity index is 184. The Morgan fingerprint density at radius 2 is 1.81 bits per heavy atom. The highest BCUT2D eigenvalue weighted by molar-refractivity contribution is 5.70. The number of aliphatic carboxylic acids is 1. The molecule has 1 saturated heterocycles. The van der Waals surface area contributed by atoms with Gasteiger partial charge in [0.1, 0.15) is 0 Å². The average Bonchev–Trinajstić information content (AvgIpc) is 2.29. The summed E-state index contributed by atoms with van der Waals surface area (Å²) in [5.74, 6) is 0.0333. The molecule has 0 aromatic rings. The van der Waals surface area contributed by atoms with Crippen LogP contribution in [0.3, 0.4) is 0 Å². The van der Waals surface area contributed by atoms with Crippen LogP contribution < -0.4 is 0 Å². The maximum absolute atomic E-state index is 10.7. The standard InChI is InChI=1S/C11H21NO2.C2H6/c1-9(2)3-6-12-7-4-10(5-8-12)11(13)14;1-2/h9-10H,3-8H2,1-2H3,(H,13,14);1-2H3. The third-order valence-corrected chi connectivity index (χ3v) is 2.96. The van der Waals surface area contributed by atoms with Crippen LogP contribution in [0.5, 0.6) is 0 Å². The first kappa shape index (κ1) is 15.4. The number of piperidine rings is 1. The van der Waals surface area contributed by atoms with Gasteiger partial charge in [-0.3, -0.25) is 4.79 Å². The molecule has 1 rings (SSSR count). The fourth-order valence-corrected chi connectivity index (χ4v) is 1.84. The maximum atomic E-state index is 10.7. The molecule has 0 spiro atoms. The maximum Gasteiger partial charge on any atom is 0.306 e. The number of rotatable bonds is 4. The third kappa shape index (κ3) is 6.11. The molecule has 1 fully saturated rings. The molecule has 16 heavy (non-hydrogen) atoms. The first-order chi connectivity index (χ1) is 7.59. The van der Waals surface area contributed by atoms with Crippen LogP contribution in [0, 0.1) is 11.8 Å². The first-order valence-corrected chi connectivity index (χ1v) is 6.54. The SMILES string of the molecule is CC.CC(C)CCN1CCC(C(=O)O)CC1. The van der Waals surface area contributed by atoms with Gasteiger partial charge >= 0.3 is 5.97 Å². The summed E-state index contributed by atoms with van der Waals surface area (Å²) in [6.45, 7) is 11.5. The number of hydrogen-bond acceptors (Lipinski definition) is 2. The zero-order chi connectivity index (χ0) is 12.6. The van der Waals surface area contributed by atoms with Crippen molar-refractivity contribution >= 4 is 5.97 Å². The first-order valence-electron chi connectivity index (χ1n) is 6.54. The summed E-state index contributed by atoms with van der Waals surface area (Å²) in [4.78, 5) is 13.1. The molecule has 1 N–H and O–H groups in total. The number of carboxylic acid groups (broad SMARTS) is 1. The van der Waals surface area contributed by atoms with Gasteiger partial charge in [-0.25, -0.2) is 0 Å². The summed E-state index contributed by atoms with van der Waals surface area (Å²) in [5.41, 5.74) is 0. The number of likely N-dealkylation sites (tertiary alicyclic amines) is 1. The van der Waals surface area contributed by atoms with Gasteiger partial charge in [-0.2, -0.15) is 0 Å². The minimum absolute atomic E-state index is 0.0923. The predicted molar refractivity (Wildman–Crippen MR) is 67.6 cm³/mol. The molecule has 96 valence electrons. The lowest BCUT2D eigenvalue weighted by Gasteiger charge is -2.30. The average molecular weight is 229 g/mol. The number of carbonyl (C=O) groups is 1. The predicted octanol–water partition coefficient (Wildman–Crippen LogP) is 2.86. The van der Waals surface area contributed by atoms with E-state index >= 15 is 0 Å². The van der Waals surface area contributed by atoms with E-state index in [1.165, 1.54) is 6.42 Å². The van der Waals surface area contributed by atoms with E-state index in [4.69, 9.17) is 5.11 Å². The zero-order valence-corrected chi connectivity index (χ0v) is 11.2. The molecule has 0 bridgehead atoms. The van der Waals surface area contributed by atoms with Gasteiger partial charge in [0.25, 0.3) is 0 Å². The molecule has 1 aliphatic rings. The summed E-state index contributed by atoms with van der Waals surface area (Å²) in [5, 5.41) is 8.82. The zero-order valence-electron chi connectivity index (χ0n) is 11.2. The van der Waals surface area contributed by atoms with E-state index in [-0.39, 0.29) is 5.92 Å². The molecule has 0 amide bonds. The van der Waals surface area contributed by atoms with Crippen molar-refractivity contribution in [2.24, 2.45) is 11.8 Å². The smallest absolute Gasteiger partial charge is 0.306 e. The van der Waals surface area contributed by atoms with Gasteiger partial charge in [-0.1, -0.05) is 27.7 Å². The lowest BCUT2D eigenvalue weighted by Crippen LogP contribution is -2.37. The van der Waals surface area contributed by atoms with Crippen LogP contribution in [-0.4, -0.2) is 35.6 Å². The highest BCUT2D eigenvalue weighted by Crippen LogP contribution is 2.17. The van der Waals surface area contributed by atoms with Crippen LogP contribution in [0.1, 0.15) is 47.0 Å². The van der Waals surface area contributed by atoms with E-state index in [1.54, 1.807) is 0 Å². The molecule has 0 saturated carbocycles. The minimum atomic E-state index is -0.617. The molecule has 0 unspecified atom stereocenters. The second-order valence-electron chi connectivity index (χ2n) is 4.64. The van der Waals surface area contributed by atoms with Gasteiger partial charge < -0.3 is 10.0 Å². The van der Waals surface area contributed by atoms with Crippen LogP contribution in [0.15, 0.2) is 0 Å². The molecule has 1 aliphatic heterocycles. The molecule has 1 heterocycles. The van der Waals surface area contributed by atoms with Crippen LogP contribution in [0.4, 0.5) is 0 Å². The minimum Gasteiger partial charge on any atom is -0.481 e. The van der Waals surface area contributed by atoms with Gasteiger partial charge in [0.2, 0.25) is 0 Å². The Kier molecular flexibility index (Phi) is 8.26. The van der Waals surface area contributed by atoms with Crippen molar-refractivity contribution in [2.45, 2.75) is 47.0 Å². The molecule has 0 aromatic heterocycles. The van der Waals surface area contributed by atoms with E-state index in [0.717, 1.165) is 38.4 Å². The second kappa shape index (κ2) is 8.57. The number of hydrogen-bond donors (Lipinski definition) is 1. The lowest BCUT2D eigenvalue weighted by atomic mass is 9.97. The highest BCUT2D eigenvalue weighted by Gasteiger charge is 2.23. The Labute approximate surface area is 99.8 Å². The quantitative estimate of drug-likeness (QED) is 0.806. The van der Waals surface area contributed by atoms with Crippen LogP contribution in [0.25, 0.3) is 0 Å². The van der Waals surface area contributed by atoms with Gasteiger partial charge in [0, 0.05) is 0 Å². The Morgan fingerprint density at radius 3 is 2.19 bits per heavy atom. The highest BCUT2D eigenvalue weighted by atomic mass is 16.4. The summed E-state index contributed by atoms with van der Waals surface area (Å²) in [6.07, 6.45) is 2.87. The number of carboxylic acids is 1. The third-order valence-electron chi connectivity index (χ3n) is 2.96. The molecule has 0 radical (unpaired) electrons. The summed E-state index contributed by atoms with van der Waals surface area (Å²) in [7, 11) is 0.